The third-order valence-electron chi connectivity index (χ3n) is 4.13. The van der Waals surface area contributed by atoms with Crippen molar-refractivity contribution in [3.8, 4) is 0 Å². The van der Waals surface area contributed by atoms with Gasteiger partial charge in [-0.05, 0) is 60.8 Å². The molecule has 27 heavy (non-hydrogen) atoms. The maximum atomic E-state index is 9.55. The van der Waals surface area contributed by atoms with Crippen molar-refractivity contribution in [3.63, 3.8) is 0 Å². The van der Waals surface area contributed by atoms with Gasteiger partial charge in [-0.3, -0.25) is 0 Å². The highest BCUT2D eigenvalue weighted by atomic mass is 32.1. The van der Waals surface area contributed by atoms with Crippen molar-refractivity contribution in [1.82, 2.24) is 4.90 Å². The van der Waals surface area contributed by atoms with E-state index in [1.54, 1.807) is 11.3 Å². The van der Waals surface area contributed by atoms with Crippen LogP contribution < -0.4 is 0 Å². The van der Waals surface area contributed by atoms with E-state index in [1.807, 2.05) is 0 Å². The molecule has 1 aliphatic rings. The molecule has 0 radical (unpaired) electrons. The van der Waals surface area contributed by atoms with Gasteiger partial charge in [0.15, 0.2) is 0 Å². The third-order valence-corrected chi connectivity index (χ3v) is 5.03. The lowest BCUT2D eigenvalue weighted by atomic mass is 10.1. The molecule has 1 aromatic heterocycles. The van der Waals surface area contributed by atoms with E-state index in [4.69, 9.17) is 14.9 Å². The summed E-state index contributed by atoms with van der Waals surface area (Å²) in [6.45, 7) is 5.54. The summed E-state index contributed by atoms with van der Waals surface area (Å²) in [5.41, 5.74) is 1.38. The van der Waals surface area contributed by atoms with E-state index < -0.39 is 11.9 Å². The Morgan fingerprint density at radius 2 is 1.85 bits per heavy atom. The summed E-state index contributed by atoms with van der Waals surface area (Å²) in [5.74, 6) is -2.51. The van der Waals surface area contributed by atoms with Crippen molar-refractivity contribution in [2.45, 2.75) is 19.3 Å². The molecule has 0 amide bonds. The molecule has 1 fully saturated rings. The molecular weight excluding hydrogens is 366 g/mol. The number of ether oxygens (including phenoxy) is 1. The average molecular weight is 391 g/mol. The number of hydrogen-bond acceptors (Lipinski definition) is 5. The SMILES string of the molecule is O=C(O)/C=C/C(=O)O.c1cc2cc(CCOCCCN3CCC3)ccc2s1. The van der Waals surface area contributed by atoms with E-state index in [2.05, 4.69) is 34.5 Å². The quantitative estimate of drug-likeness (QED) is 0.504. The first-order chi connectivity index (χ1) is 13.0. The van der Waals surface area contributed by atoms with Crippen LogP contribution in [0.1, 0.15) is 18.4 Å². The first kappa shape index (κ1) is 21.1. The molecule has 1 aromatic carbocycles. The molecular formula is C20H25NO5S. The highest BCUT2D eigenvalue weighted by Gasteiger charge is 2.11. The highest BCUT2D eigenvalue weighted by molar-refractivity contribution is 7.17. The van der Waals surface area contributed by atoms with E-state index in [1.165, 1.54) is 48.1 Å². The van der Waals surface area contributed by atoms with Gasteiger partial charge in [0.1, 0.15) is 0 Å². The molecule has 0 unspecified atom stereocenters. The summed E-state index contributed by atoms with van der Waals surface area (Å²) >= 11 is 1.81. The number of fused-ring (bicyclic) bond motifs is 1. The molecule has 0 spiro atoms. The minimum Gasteiger partial charge on any atom is -0.478 e. The number of thiophene rings is 1. The van der Waals surface area contributed by atoms with Gasteiger partial charge >= 0.3 is 11.9 Å². The third kappa shape index (κ3) is 8.34. The molecule has 0 aliphatic carbocycles. The summed E-state index contributed by atoms with van der Waals surface area (Å²) in [5, 5.41) is 19.1. The van der Waals surface area contributed by atoms with Crippen LogP contribution in [0.15, 0.2) is 41.8 Å². The van der Waals surface area contributed by atoms with Crippen molar-refractivity contribution in [2.24, 2.45) is 0 Å². The minimum absolute atomic E-state index is 0.558. The van der Waals surface area contributed by atoms with E-state index in [0.717, 1.165) is 19.6 Å². The second-order valence-corrected chi connectivity index (χ2v) is 7.16. The smallest absolute Gasteiger partial charge is 0.328 e. The van der Waals surface area contributed by atoms with E-state index in [0.29, 0.717) is 12.2 Å². The summed E-state index contributed by atoms with van der Waals surface area (Å²) in [6.07, 6.45) is 4.69. The monoisotopic (exact) mass is 391 g/mol. The van der Waals surface area contributed by atoms with Crippen LogP contribution in [0, 0.1) is 0 Å². The van der Waals surface area contributed by atoms with Gasteiger partial charge in [0.2, 0.25) is 0 Å². The first-order valence-electron chi connectivity index (χ1n) is 8.95. The number of benzene rings is 1. The summed E-state index contributed by atoms with van der Waals surface area (Å²) in [4.78, 5) is 21.6. The number of nitrogens with zero attached hydrogens (tertiary/aromatic N) is 1. The van der Waals surface area contributed by atoms with Crippen LogP contribution in [-0.2, 0) is 20.7 Å². The Morgan fingerprint density at radius 3 is 2.48 bits per heavy atom. The topological polar surface area (TPSA) is 87.1 Å². The van der Waals surface area contributed by atoms with Crippen LogP contribution in [0.25, 0.3) is 10.1 Å². The molecule has 0 atom stereocenters. The zero-order valence-corrected chi connectivity index (χ0v) is 16.0. The van der Waals surface area contributed by atoms with Crippen molar-refractivity contribution in [2.75, 3.05) is 32.8 Å². The van der Waals surface area contributed by atoms with Gasteiger partial charge in [0.05, 0.1) is 6.61 Å². The lowest BCUT2D eigenvalue weighted by molar-refractivity contribution is -0.134. The summed E-state index contributed by atoms with van der Waals surface area (Å²) in [6, 6.07) is 8.92. The van der Waals surface area contributed by atoms with Gasteiger partial charge in [0.25, 0.3) is 0 Å². The minimum atomic E-state index is -1.26. The van der Waals surface area contributed by atoms with Crippen LogP contribution in [0.2, 0.25) is 0 Å². The normalized spacial score (nSPS) is 13.9. The van der Waals surface area contributed by atoms with Crippen molar-refractivity contribution in [1.29, 1.82) is 0 Å². The van der Waals surface area contributed by atoms with Gasteiger partial charge in [-0.1, -0.05) is 12.1 Å². The Kier molecular flexibility index (Phi) is 8.97. The molecule has 1 saturated heterocycles. The van der Waals surface area contributed by atoms with Crippen LogP contribution >= 0.6 is 11.3 Å². The van der Waals surface area contributed by atoms with Gasteiger partial charge in [0, 0.05) is 30.0 Å². The fraction of sp³-hybridized carbons (Fsp3) is 0.400. The fourth-order valence-corrected chi connectivity index (χ4v) is 3.37. The maximum absolute atomic E-state index is 9.55. The molecule has 7 heteroatoms. The van der Waals surface area contributed by atoms with E-state index in [-0.39, 0.29) is 0 Å². The van der Waals surface area contributed by atoms with Crippen molar-refractivity contribution >= 4 is 33.4 Å². The Hall–Kier alpha value is -2.22. The van der Waals surface area contributed by atoms with Gasteiger partial charge < -0.3 is 19.8 Å². The number of likely N-dealkylation sites (tertiary alicyclic amines) is 1. The Bertz CT molecular complexity index is 751. The molecule has 2 N–H and O–H groups in total. The van der Waals surface area contributed by atoms with E-state index >= 15 is 0 Å². The maximum Gasteiger partial charge on any atom is 0.328 e. The predicted molar refractivity (Wildman–Crippen MR) is 106 cm³/mol. The molecule has 2 heterocycles. The van der Waals surface area contributed by atoms with Crippen LogP contribution in [0.4, 0.5) is 0 Å². The van der Waals surface area contributed by atoms with Crippen LogP contribution in [-0.4, -0.2) is 59.9 Å². The number of carboxylic acid groups (broad SMARTS) is 2. The predicted octanol–water partition coefficient (Wildman–Crippen LogP) is 3.27. The lowest BCUT2D eigenvalue weighted by Crippen LogP contribution is -2.38. The van der Waals surface area contributed by atoms with Crippen LogP contribution in [0.5, 0.6) is 0 Å². The second kappa shape index (κ2) is 11.5. The number of carbonyl (C=O) groups is 2. The molecule has 3 rings (SSSR count). The molecule has 0 bridgehead atoms. The fourth-order valence-electron chi connectivity index (χ4n) is 2.60. The van der Waals surface area contributed by atoms with Crippen molar-refractivity contribution in [3.05, 3.63) is 47.4 Å². The zero-order valence-electron chi connectivity index (χ0n) is 15.2. The molecule has 6 nitrogen and oxygen atoms in total. The molecule has 0 saturated carbocycles. The number of carboxylic acids is 2. The Labute approximate surface area is 162 Å². The van der Waals surface area contributed by atoms with Gasteiger partial charge in [-0.15, -0.1) is 11.3 Å². The first-order valence-corrected chi connectivity index (χ1v) is 9.83. The zero-order chi connectivity index (χ0) is 19.5. The second-order valence-electron chi connectivity index (χ2n) is 6.21. The molecule has 2 aromatic rings. The number of rotatable bonds is 9. The lowest BCUT2D eigenvalue weighted by Gasteiger charge is -2.30. The standard InChI is InChI=1S/C16H21NOS.C4H4O4/c1-7-17(8-1)9-2-10-18-11-5-14-3-4-16-15(13-14)6-12-19-16;5-3(6)1-2-4(7)8/h3-4,6,12-13H,1-2,5,7-11H2;1-2H,(H,5,6)(H,7,8)/b;2-1+. The largest absolute Gasteiger partial charge is 0.478 e. The van der Waals surface area contributed by atoms with Crippen molar-refractivity contribution < 1.29 is 24.5 Å². The summed E-state index contributed by atoms with van der Waals surface area (Å²) in [7, 11) is 0. The van der Waals surface area contributed by atoms with Gasteiger partial charge in [-0.2, -0.15) is 0 Å². The van der Waals surface area contributed by atoms with Gasteiger partial charge in [-0.25, -0.2) is 9.59 Å². The number of aliphatic carboxylic acids is 2. The molecule has 1 aliphatic heterocycles. The average Bonchev–Trinajstić information content (AvgIpc) is 3.06. The summed E-state index contributed by atoms with van der Waals surface area (Å²) < 4.78 is 7.10. The Balaban J connectivity index is 0.000000279. The highest BCUT2D eigenvalue weighted by Crippen LogP contribution is 2.21. The molecule has 146 valence electrons. The van der Waals surface area contributed by atoms with E-state index in [9.17, 15) is 9.59 Å². The Morgan fingerprint density at radius 1 is 1.11 bits per heavy atom. The number of hydrogen-bond donors (Lipinski definition) is 2. The van der Waals surface area contributed by atoms with Crippen LogP contribution in [0.3, 0.4) is 0 Å².